The van der Waals surface area contributed by atoms with Crippen molar-refractivity contribution in [2.75, 3.05) is 0 Å². The molecule has 2 aromatic rings. The monoisotopic (exact) mass is 495 g/mol. The number of ketones is 1. The topological polar surface area (TPSA) is 68.0 Å². The van der Waals surface area contributed by atoms with Crippen LogP contribution in [-0.4, -0.2) is 31.5 Å². The van der Waals surface area contributed by atoms with Crippen LogP contribution in [0.3, 0.4) is 0 Å². The molecule has 1 heterocycles. The third-order valence-electron chi connectivity index (χ3n) is 11.7. The number of carbonyl (C=O) groups excluding carboxylic acids is 1. The number of fused-ring (bicyclic) bond motifs is 6. The number of Topliss-reactive ketones (excluding diaryl/α,β-unsaturated/α-hetero) is 1. The van der Waals surface area contributed by atoms with Crippen LogP contribution in [0.5, 0.6) is 0 Å². The molecule has 0 spiro atoms. The van der Waals surface area contributed by atoms with Gasteiger partial charge in [0.25, 0.3) is 0 Å². The third kappa shape index (κ3) is 3.53. The summed E-state index contributed by atoms with van der Waals surface area (Å²) in [6.07, 6.45) is 11.1. The first-order valence-electron chi connectivity index (χ1n) is 14.3. The average molecular weight is 496 g/mol. The predicted octanol–water partition coefficient (Wildman–Crippen LogP) is 6.25. The SMILES string of the molecule is CC[C@]12CC[C@@](C)(O)C[C@@H]1CC[C@H]1[C@@H]3CC[C@H](C(=O)Cn4nc5ccc(C)c(F)c5n4)[C@@]3(C)CC[C@@H]12. The Bertz CT molecular complexity index is 1190. The Morgan fingerprint density at radius 2 is 1.89 bits per heavy atom. The van der Waals surface area contributed by atoms with Gasteiger partial charge in [0.1, 0.15) is 17.6 Å². The minimum atomic E-state index is -0.503. The van der Waals surface area contributed by atoms with E-state index in [2.05, 4.69) is 24.0 Å². The van der Waals surface area contributed by atoms with E-state index < -0.39 is 5.60 Å². The highest BCUT2D eigenvalue weighted by Crippen LogP contribution is 2.69. The lowest BCUT2D eigenvalue weighted by molar-refractivity contribution is -0.158. The number of benzene rings is 1. The Morgan fingerprint density at radius 3 is 2.67 bits per heavy atom. The van der Waals surface area contributed by atoms with Crippen LogP contribution in [0.25, 0.3) is 11.0 Å². The van der Waals surface area contributed by atoms with Gasteiger partial charge >= 0.3 is 0 Å². The number of carbonyl (C=O) groups is 1. The van der Waals surface area contributed by atoms with Crippen molar-refractivity contribution >= 4 is 16.8 Å². The van der Waals surface area contributed by atoms with Crippen molar-refractivity contribution < 1.29 is 14.3 Å². The number of hydrogen-bond acceptors (Lipinski definition) is 4. The van der Waals surface area contributed by atoms with E-state index in [1.165, 1.54) is 30.5 Å². The fraction of sp³-hybridized carbons (Fsp3) is 0.767. The number of aryl methyl sites for hydroxylation is 1. The maximum atomic E-state index is 14.5. The van der Waals surface area contributed by atoms with E-state index in [1.807, 2.05) is 6.92 Å². The lowest BCUT2D eigenvalue weighted by Gasteiger charge is -2.63. The van der Waals surface area contributed by atoms with E-state index in [0.29, 0.717) is 34.2 Å². The van der Waals surface area contributed by atoms with Crippen LogP contribution in [0, 0.1) is 53.2 Å². The van der Waals surface area contributed by atoms with E-state index in [0.717, 1.165) is 44.4 Å². The van der Waals surface area contributed by atoms with Crippen molar-refractivity contribution in [3.05, 3.63) is 23.5 Å². The van der Waals surface area contributed by atoms with Crippen molar-refractivity contribution in [1.29, 1.82) is 0 Å². The second-order valence-corrected chi connectivity index (χ2v) is 13.4. The number of halogens is 1. The lowest BCUT2D eigenvalue weighted by Crippen LogP contribution is -2.56. The number of hydrogen-bond donors (Lipinski definition) is 1. The zero-order valence-electron chi connectivity index (χ0n) is 22.4. The molecule has 0 saturated heterocycles. The summed E-state index contributed by atoms with van der Waals surface area (Å²) < 4.78 is 14.5. The predicted molar refractivity (Wildman–Crippen MR) is 138 cm³/mol. The minimum Gasteiger partial charge on any atom is -0.390 e. The van der Waals surface area contributed by atoms with Crippen molar-refractivity contribution in [1.82, 2.24) is 15.0 Å². The van der Waals surface area contributed by atoms with Crippen molar-refractivity contribution in [2.45, 2.75) is 104 Å². The summed E-state index contributed by atoms with van der Waals surface area (Å²) in [5, 5.41) is 19.6. The van der Waals surface area contributed by atoms with Gasteiger partial charge in [0, 0.05) is 5.92 Å². The molecular formula is C30H42FN3O2. The summed E-state index contributed by atoms with van der Waals surface area (Å²) in [5.41, 5.74) is 1.22. The Morgan fingerprint density at radius 1 is 1.08 bits per heavy atom. The molecule has 4 fully saturated rings. The summed E-state index contributed by atoms with van der Waals surface area (Å²) in [7, 11) is 0. The first-order chi connectivity index (χ1) is 17.1. The smallest absolute Gasteiger partial charge is 0.159 e. The summed E-state index contributed by atoms with van der Waals surface area (Å²) in [4.78, 5) is 15.1. The van der Waals surface area contributed by atoms with Gasteiger partial charge in [0.2, 0.25) is 0 Å². The maximum Gasteiger partial charge on any atom is 0.159 e. The summed E-state index contributed by atoms with van der Waals surface area (Å²) >= 11 is 0. The van der Waals surface area contributed by atoms with E-state index in [1.54, 1.807) is 19.1 Å². The highest BCUT2D eigenvalue weighted by atomic mass is 19.1. The first-order valence-corrected chi connectivity index (χ1v) is 14.3. The Balaban J connectivity index is 1.22. The van der Waals surface area contributed by atoms with Crippen LogP contribution in [0.1, 0.15) is 90.5 Å². The molecule has 4 aliphatic carbocycles. The molecule has 6 rings (SSSR count). The number of aliphatic hydroxyl groups is 1. The third-order valence-corrected chi connectivity index (χ3v) is 11.7. The first kappa shape index (κ1) is 24.5. The molecule has 1 N–H and O–H groups in total. The van der Waals surface area contributed by atoms with Crippen LogP contribution in [-0.2, 0) is 11.3 Å². The molecule has 196 valence electrons. The molecule has 6 heteroatoms. The molecule has 5 nitrogen and oxygen atoms in total. The summed E-state index contributed by atoms with van der Waals surface area (Å²) in [6.45, 7) is 8.66. The number of rotatable bonds is 4. The molecule has 0 aliphatic heterocycles. The van der Waals surface area contributed by atoms with Crippen LogP contribution in [0.4, 0.5) is 4.39 Å². The summed E-state index contributed by atoms with van der Waals surface area (Å²) in [5.74, 6) is 2.57. The molecule has 4 aliphatic rings. The van der Waals surface area contributed by atoms with E-state index >= 15 is 0 Å². The Hall–Kier alpha value is -1.82. The minimum absolute atomic E-state index is 0.0338. The van der Waals surface area contributed by atoms with Gasteiger partial charge in [-0.25, -0.2) is 4.39 Å². The van der Waals surface area contributed by atoms with Gasteiger partial charge in [0.05, 0.1) is 5.60 Å². The van der Waals surface area contributed by atoms with Crippen molar-refractivity contribution in [2.24, 2.45) is 40.4 Å². The number of aromatic nitrogens is 3. The van der Waals surface area contributed by atoms with Crippen LogP contribution >= 0.6 is 0 Å². The van der Waals surface area contributed by atoms with Gasteiger partial charge in [-0.15, -0.1) is 5.10 Å². The molecule has 1 aromatic carbocycles. The van der Waals surface area contributed by atoms with Gasteiger partial charge in [0.15, 0.2) is 11.6 Å². The van der Waals surface area contributed by atoms with Gasteiger partial charge < -0.3 is 5.11 Å². The van der Waals surface area contributed by atoms with Gasteiger partial charge in [-0.2, -0.15) is 9.90 Å². The van der Waals surface area contributed by atoms with Crippen LogP contribution in [0.2, 0.25) is 0 Å². The second-order valence-electron chi connectivity index (χ2n) is 13.4. The van der Waals surface area contributed by atoms with E-state index in [9.17, 15) is 14.3 Å². The Labute approximate surface area is 214 Å². The number of nitrogens with zero attached hydrogens (tertiary/aromatic N) is 3. The maximum absolute atomic E-state index is 14.5. The molecule has 0 radical (unpaired) electrons. The standard InChI is InChI=1S/C30H42FN3O2/c1-5-30-15-14-28(3,36)16-19(30)7-8-20-21-9-10-23(29(21,4)13-12-22(20)30)25(35)17-34-32-24-11-6-18(2)26(31)27(24)33-34/h6,11,19-23,36H,5,7-10,12-17H2,1-4H3/t19-,20-,21-,22-,23+,28+,29-,30-/m0/s1. The fourth-order valence-electron chi connectivity index (χ4n) is 9.89. The van der Waals surface area contributed by atoms with Crippen LogP contribution in [0.15, 0.2) is 12.1 Å². The Kier molecular flexibility index (Phi) is 5.68. The van der Waals surface area contributed by atoms with Gasteiger partial charge in [-0.1, -0.05) is 19.9 Å². The van der Waals surface area contributed by atoms with E-state index in [-0.39, 0.29) is 35.0 Å². The quantitative estimate of drug-likeness (QED) is 0.545. The largest absolute Gasteiger partial charge is 0.390 e. The average Bonchev–Trinajstić information content (AvgIpc) is 3.41. The highest BCUT2D eigenvalue weighted by Gasteiger charge is 2.62. The lowest BCUT2D eigenvalue weighted by atomic mass is 9.42. The van der Waals surface area contributed by atoms with Gasteiger partial charge in [-0.05, 0) is 124 Å². The molecule has 0 amide bonds. The van der Waals surface area contributed by atoms with Crippen LogP contribution < -0.4 is 0 Å². The molecule has 36 heavy (non-hydrogen) atoms. The fourth-order valence-corrected chi connectivity index (χ4v) is 9.89. The second kappa shape index (κ2) is 8.34. The van der Waals surface area contributed by atoms with E-state index in [4.69, 9.17) is 0 Å². The zero-order chi connectivity index (χ0) is 25.5. The zero-order valence-corrected chi connectivity index (χ0v) is 22.4. The molecule has 1 aromatic heterocycles. The van der Waals surface area contributed by atoms with Crippen molar-refractivity contribution in [3.8, 4) is 0 Å². The van der Waals surface area contributed by atoms with Gasteiger partial charge in [-0.3, -0.25) is 4.79 Å². The molecule has 0 bridgehead atoms. The molecular weight excluding hydrogens is 453 g/mol. The molecule has 8 atom stereocenters. The summed E-state index contributed by atoms with van der Waals surface area (Å²) in [6, 6.07) is 3.49. The molecule has 0 unspecified atom stereocenters. The molecule has 4 saturated carbocycles. The highest BCUT2D eigenvalue weighted by molar-refractivity contribution is 5.82. The normalized spacial score (nSPS) is 42.1. The van der Waals surface area contributed by atoms with Crippen molar-refractivity contribution in [3.63, 3.8) is 0 Å².